The van der Waals surface area contributed by atoms with Gasteiger partial charge in [-0.15, -0.1) is 0 Å². The molecule has 4 nitrogen and oxygen atoms in total. The summed E-state index contributed by atoms with van der Waals surface area (Å²) < 4.78 is 1.72. The molecule has 0 aliphatic carbocycles. The summed E-state index contributed by atoms with van der Waals surface area (Å²) in [5.74, 6) is 0.490. The van der Waals surface area contributed by atoms with Gasteiger partial charge in [-0.2, -0.15) is 5.10 Å². The van der Waals surface area contributed by atoms with Crippen molar-refractivity contribution in [2.45, 2.75) is 26.3 Å². The van der Waals surface area contributed by atoms with Gasteiger partial charge in [0.15, 0.2) is 0 Å². The third-order valence-electron chi connectivity index (χ3n) is 2.71. The molecule has 17 heavy (non-hydrogen) atoms. The molecule has 1 N–H and O–H groups in total. The molecule has 0 spiro atoms. The van der Waals surface area contributed by atoms with Crippen molar-refractivity contribution in [2.24, 2.45) is 0 Å². The van der Waals surface area contributed by atoms with Crippen molar-refractivity contribution >= 4 is 0 Å². The van der Waals surface area contributed by atoms with Gasteiger partial charge in [-0.3, -0.25) is 9.67 Å². The highest BCUT2D eigenvalue weighted by Gasteiger charge is 2.05. The van der Waals surface area contributed by atoms with E-state index in [1.807, 2.05) is 18.5 Å². The molecule has 2 aromatic heterocycles. The molecule has 0 atom stereocenters. The summed E-state index contributed by atoms with van der Waals surface area (Å²) in [6, 6.07) is 4.12. The van der Waals surface area contributed by atoms with E-state index in [4.69, 9.17) is 5.11 Å². The predicted octanol–water partition coefficient (Wildman–Crippen LogP) is 2.06. The Hall–Kier alpha value is -1.68. The summed E-state index contributed by atoms with van der Waals surface area (Å²) in [5, 5.41) is 13.0. The zero-order valence-corrected chi connectivity index (χ0v) is 10.2. The molecule has 2 aromatic rings. The lowest BCUT2D eigenvalue weighted by molar-refractivity contribution is 0.269. The van der Waals surface area contributed by atoms with E-state index in [1.165, 1.54) is 5.56 Å². The van der Waals surface area contributed by atoms with E-state index >= 15 is 0 Å². The van der Waals surface area contributed by atoms with Crippen LogP contribution >= 0.6 is 0 Å². The van der Waals surface area contributed by atoms with Gasteiger partial charge in [-0.05, 0) is 23.6 Å². The SMILES string of the molecule is CC(C)c1ccnc(-c2cnn(CCO)c2)c1. The van der Waals surface area contributed by atoms with Crippen molar-refractivity contribution in [2.75, 3.05) is 6.61 Å². The van der Waals surface area contributed by atoms with E-state index in [0.29, 0.717) is 12.5 Å². The molecule has 0 amide bonds. The van der Waals surface area contributed by atoms with Crippen molar-refractivity contribution in [3.63, 3.8) is 0 Å². The van der Waals surface area contributed by atoms with Crippen LogP contribution in [0, 0.1) is 0 Å². The molecular weight excluding hydrogens is 214 g/mol. The molecule has 0 saturated heterocycles. The molecule has 0 unspecified atom stereocenters. The number of aliphatic hydroxyl groups is 1. The Morgan fingerprint density at radius 1 is 1.41 bits per heavy atom. The lowest BCUT2D eigenvalue weighted by atomic mass is 10.0. The smallest absolute Gasteiger partial charge is 0.0736 e. The highest BCUT2D eigenvalue weighted by atomic mass is 16.3. The quantitative estimate of drug-likeness (QED) is 0.876. The average Bonchev–Trinajstić information content (AvgIpc) is 2.78. The Morgan fingerprint density at radius 3 is 2.94 bits per heavy atom. The fraction of sp³-hybridized carbons (Fsp3) is 0.385. The molecule has 0 aliphatic rings. The second kappa shape index (κ2) is 5.10. The number of hydrogen-bond donors (Lipinski definition) is 1. The minimum atomic E-state index is 0.0978. The van der Waals surface area contributed by atoms with Crippen molar-refractivity contribution in [3.05, 3.63) is 36.3 Å². The fourth-order valence-corrected chi connectivity index (χ4v) is 1.68. The molecule has 0 bridgehead atoms. The number of pyridine rings is 1. The van der Waals surface area contributed by atoms with Crippen LogP contribution in [0.3, 0.4) is 0 Å². The Kier molecular flexibility index (Phi) is 3.54. The Balaban J connectivity index is 2.28. The summed E-state index contributed by atoms with van der Waals surface area (Å²) in [6.45, 7) is 4.94. The van der Waals surface area contributed by atoms with Crippen LogP contribution in [0.25, 0.3) is 11.3 Å². The second-order valence-electron chi connectivity index (χ2n) is 4.34. The van der Waals surface area contributed by atoms with E-state index < -0.39 is 0 Å². The number of nitrogens with zero attached hydrogens (tertiary/aromatic N) is 3. The normalized spacial score (nSPS) is 11.1. The van der Waals surface area contributed by atoms with E-state index in [-0.39, 0.29) is 6.61 Å². The third kappa shape index (κ3) is 2.71. The van der Waals surface area contributed by atoms with Crippen molar-refractivity contribution < 1.29 is 5.11 Å². The second-order valence-corrected chi connectivity index (χ2v) is 4.34. The van der Waals surface area contributed by atoms with Gasteiger partial charge < -0.3 is 5.11 Å². The highest BCUT2D eigenvalue weighted by molar-refractivity contribution is 5.57. The van der Waals surface area contributed by atoms with E-state index in [2.05, 4.69) is 30.0 Å². The molecule has 0 saturated carbocycles. The van der Waals surface area contributed by atoms with Gasteiger partial charge in [-0.1, -0.05) is 13.8 Å². The zero-order valence-electron chi connectivity index (χ0n) is 10.2. The lowest BCUT2D eigenvalue weighted by Crippen LogP contribution is -2.01. The molecule has 2 heterocycles. The topological polar surface area (TPSA) is 50.9 Å². The van der Waals surface area contributed by atoms with Gasteiger partial charge in [0.25, 0.3) is 0 Å². The third-order valence-corrected chi connectivity index (χ3v) is 2.71. The number of rotatable bonds is 4. The summed E-state index contributed by atoms with van der Waals surface area (Å²) in [5.41, 5.74) is 3.19. The molecule has 0 aromatic carbocycles. The highest BCUT2D eigenvalue weighted by Crippen LogP contribution is 2.21. The molecular formula is C13H17N3O. The predicted molar refractivity (Wildman–Crippen MR) is 66.6 cm³/mol. The standard InChI is InChI=1S/C13H17N3O/c1-10(2)11-3-4-14-13(7-11)12-8-15-16(9-12)5-6-17/h3-4,7-10,17H,5-6H2,1-2H3. The molecule has 0 radical (unpaired) electrons. The summed E-state index contributed by atoms with van der Waals surface area (Å²) in [6.07, 6.45) is 5.51. The van der Waals surface area contributed by atoms with Gasteiger partial charge in [0.2, 0.25) is 0 Å². The van der Waals surface area contributed by atoms with Crippen LogP contribution in [0.2, 0.25) is 0 Å². The number of aromatic nitrogens is 3. The molecule has 4 heteroatoms. The molecule has 90 valence electrons. The minimum Gasteiger partial charge on any atom is -0.394 e. The first kappa shape index (κ1) is 11.8. The first-order valence-corrected chi connectivity index (χ1v) is 5.80. The Morgan fingerprint density at radius 2 is 2.24 bits per heavy atom. The van der Waals surface area contributed by atoms with Gasteiger partial charge in [-0.25, -0.2) is 0 Å². The molecule has 0 aliphatic heterocycles. The first-order valence-electron chi connectivity index (χ1n) is 5.80. The van der Waals surface area contributed by atoms with Crippen molar-refractivity contribution in [1.82, 2.24) is 14.8 Å². The summed E-state index contributed by atoms with van der Waals surface area (Å²) in [7, 11) is 0. The number of hydrogen-bond acceptors (Lipinski definition) is 3. The largest absolute Gasteiger partial charge is 0.394 e. The van der Waals surface area contributed by atoms with Crippen LogP contribution in [0.5, 0.6) is 0 Å². The number of aliphatic hydroxyl groups excluding tert-OH is 1. The van der Waals surface area contributed by atoms with Crippen molar-refractivity contribution in [1.29, 1.82) is 0 Å². The summed E-state index contributed by atoms with van der Waals surface area (Å²) in [4.78, 5) is 4.35. The maximum atomic E-state index is 8.84. The van der Waals surface area contributed by atoms with Crippen LogP contribution in [-0.2, 0) is 6.54 Å². The van der Waals surface area contributed by atoms with Crippen LogP contribution in [-0.4, -0.2) is 26.5 Å². The molecule has 2 rings (SSSR count). The maximum Gasteiger partial charge on any atom is 0.0736 e. The Labute approximate surface area is 101 Å². The summed E-state index contributed by atoms with van der Waals surface area (Å²) >= 11 is 0. The van der Waals surface area contributed by atoms with E-state index in [1.54, 1.807) is 10.9 Å². The van der Waals surface area contributed by atoms with Crippen LogP contribution in [0.15, 0.2) is 30.7 Å². The van der Waals surface area contributed by atoms with Crippen LogP contribution < -0.4 is 0 Å². The van der Waals surface area contributed by atoms with Gasteiger partial charge in [0.05, 0.1) is 25.0 Å². The van der Waals surface area contributed by atoms with Gasteiger partial charge in [0, 0.05) is 18.0 Å². The first-order chi connectivity index (χ1) is 8.20. The average molecular weight is 231 g/mol. The fourth-order valence-electron chi connectivity index (χ4n) is 1.68. The lowest BCUT2D eigenvalue weighted by Gasteiger charge is -2.05. The van der Waals surface area contributed by atoms with Crippen LogP contribution in [0.4, 0.5) is 0 Å². The van der Waals surface area contributed by atoms with Crippen molar-refractivity contribution in [3.8, 4) is 11.3 Å². The minimum absolute atomic E-state index is 0.0978. The molecule has 0 fully saturated rings. The Bertz CT molecular complexity index is 491. The zero-order chi connectivity index (χ0) is 12.3. The van der Waals surface area contributed by atoms with Gasteiger partial charge >= 0.3 is 0 Å². The van der Waals surface area contributed by atoms with Gasteiger partial charge in [0.1, 0.15) is 0 Å². The van der Waals surface area contributed by atoms with E-state index in [9.17, 15) is 0 Å². The monoisotopic (exact) mass is 231 g/mol. The maximum absolute atomic E-state index is 8.84. The van der Waals surface area contributed by atoms with E-state index in [0.717, 1.165) is 11.3 Å². The van der Waals surface area contributed by atoms with Crippen LogP contribution in [0.1, 0.15) is 25.3 Å².